The maximum absolute atomic E-state index is 6.16. The number of benzene rings is 1. The van der Waals surface area contributed by atoms with Crippen LogP contribution in [0.3, 0.4) is 0 Å². The molecule has 0 saturated heterocycles. The van der Waals surface area contributed by atoms with E-state index >= 15 is 0 Å². The third kappa shape index (κ3) is 3.64. The van der Waals surface area contributed by atoms with Crippen molar-refractivity contribution in [2.45, 2.75) is 32.7 Å². The molecular formula is C15H19ClN2OS. The quantitative estimate of drug-likeness (QED) is 0.887. The Bertz CT molecular complexity index is 590. The smallest absolute Gasteiger partial charge is 0.121 e. The predicted octanol–water partition coefficient (Wildman–Crippen LogP) is 4.71. The summed E-state index contributed by atoms with van der Waals surface area (Å²) in [7, 11) is 1.64. The lowest BCUT2D eigenvalue weighted by Gasteiger charge is -2.14. The van der Waals surface area contributed by atoms with Gasteiger partial charge in [0.15, 0.2) is 0 Å². The topological polar surface area (TPSA) is 34.1 Å². The number of hydrogen-bond acceptors (Lipinski definition) is 4. The Balaban J connectivity index is 2.07. The predicted molar refractivity (Wildman–Crippen MR) is 86.1 cm³/mol. The first-order valence-corrected chi connectivity index (χ1v) is 7.68. The van der Waals surface area contributed by atoms with E-state index in [9.17, 15) is 0 Å². The molecule has 0 fully saturated rings. The molecule has 0 spiro atoms. The Morgan fingerprint density at radius 3 is 2.70 bits per heavy atom. The van der Waals surface area contributed by atoms with Gasteiger partial charge in [-0.2, -0.15) is 0 Å². The number of halogens is 1. The zero-order chi connectivity index (χ0) is 14.8. The van der Waals surface area contributed by atoms with Crippen LogP contribution in [0.15, 0.2) is 23.6 Å². The van der Waals surface area contributed by atoms with Crippen LogP contribution in [0.4, 0.5) is 5.69 Å². The molecule has 0 atom stereocenters. The first-order valence-electron chi connectivity index (χ1n) is 6.42. The molecule has 2 aromatic rings. The van der Waals surface area contributed by atoms with Crippen molar-refractivity contribution in [1.29, 1.82) is 0 Å². The van der Waals surface area contributed by atoms with Crippen molar-refractivity contribution in [3.63, 3.8) is 0 Å². The highest BCUT2D eigenvalue weighted by Gasteiger charge is 2.17. The lowest BCUT2D eigenvalue weighted by atomic mass is 9.93. The van der Waals surface area contributed by atoms with Crippen LogP contribution < -0.4 is 10.1 Å². The van der Waals surface area contributed by atoms with Gasteiger partial charge in [0.05, 0.1) is 30.1 Å². The number of nitrogens with zero attached hydrogens (tertiary/aromatic N) is 1. The number of nitrogens with one attached hydrogen (secondary N) is 1. The summed E-state index contributed by atoms with van der Waals surface area (Å²) >= 11 is 7.83. The molecule has 20 heavy (non-hydrogen) atoms. The standard InChI is InChI=1S/C15H19ClN2OS/c1-15(2,3)13-9-20-14(18-13)8-17-12-7-10(19-4)5-6-11(12)16/h5-7,9,17H,8H2,1-4H3. The normalized spacial score (nSPS) is 11.4. The molecule has 1 heterocycles. The van der Waals surface area contributed by atoms with Gasteiger partial charge in [0.25, 0.3) is 0 Å². The van der Waals surface area contributed by atoms with Crippen LogP contribution in [-0.4, -0.2) is 12.1 Å². The van der Waals surface area contributed by atoms with E-state index in [0.717, 1.165) is 22.1 Å². The van der Waals surface area contributed by atoms with Crippen molar-refractivity contribution < 1.29 is 4.74 Å². The third-order valence-electron chi connectivity index (χ3n) is 2.92. The van der Waals surface area contributed by atoms with Gasteiger partial charge in [0.2, 0.25) is 0 Å². The molecule has 0 unspecified atom stereocenters. The molecule has 5 heteroatoms. The van der Waals surface area contributed by atoms with Crippen LogP contribution in [0.5, 0.6) is 5.75 Å². The fourth-order valence-corrected chi connectivity index (χ4v) is 2.82. The van der Waals surface area contributed by atoms with Crippen molar-refractivity contribution in [1.82, 2.24) is 4.98 Å². The zero-order valence-electron chi connectivity index (χ0n) is 12.2. The van der Waals surface area contributed by atoms with Gasteiger partial charge >= 0.3 is 0 Å². The molecule has 1 aromatic carbocycles. The minimum atomic E-state index is 0.0857. The van der Waals surface area contributed by atoms with Gasteiger partial charge in [-0.15, -0.1) is 11.3 Å². The Labute approximate surface area is 129 Å². The molecular weight excluding hydrogens is 292 g/mol. The summed E-state index contributed by atoms with van der Waals surface area (Å²) in [6, 6.07) is 5.56. The van der Waals surface area contributed by atoms with Gasteiger partial charge < -0.3 is 10.1 Å². The maximum atomic E-state index is 6.16. The van der Waals surface area contributed by atoms with Crippen LogP contribution in [0, 0.1) is 0 Å². The summed E-state index contributed by atoms with van der Waals surface area (Å²) in [5.74, 6) is 0.784. The molecule has 0 aliphatic heterocycles. The summed E-state index contributed by atoms with van der Waals surface area (Å²) in [5, 5.41) is 7.15. The minimum Gasteiger partial charge on any atom is -0.497 e. The van der Waals surface area contributed by atoms with Crippen molar-refractivity contribution in [2.24, 2.45) is 0 Å². The highest BCUT2D eigenvalue weighted by atomic mass is 35.5. The first kappa shape index (κ1) is 15.1. The molecule has 0 saturated carbocycles. The average Bonchev–Trinajstić information content (AvgIpc) is 2.86. The molecule has 3 nitrogen and oxygen atoms in total. The molecule has 1 aromatic heterocycles. The van der Waals surface area contributed by atoms with Gasteiger partial charge in [0.1, 0.15) is 10.8 Å². The van der Waals surface area contributed by atoms with Gasteiger partial charge in [0, 0.05) is 16.9 Å². The second kappa shape index (κ2) is 6.02. The van der Waals surface area contributed by atoms with E-state index < -0.39 is 0 Å². The van der Waals surface area contributed by atoms with Gasteiger partial charge in [-0.05, 0) is 12.1 Å². The molecule has 0 amide bonds. The zero-order valence-corrected chi connectivity index (χ0v) is 13.7. The monoisotopic (exact) mass is 310 g/mol. The SMILES string of the molecule is COc1ccc(Cl)c(NCc2nc(C(C)(C)C)cs2)c1. The van der Waals surface area contributed by atoms with E-state index in [1.165, 1.54) is 0 Å². The van der Waals surface area contributed by atoms with E-state index in [1.807, 2.05) is 18.2 Å². The molecule has 0 aliphatic rings. The fraction of sp³-hybridized carbons (Fsp3) is 0.400. The number of aromatic nitrogens is 1. The Kier molecular flexibility index (Phi) is 4.55. The van der Waals surface area contributed by atoms with Crippen LogP contribution >= 0.6 is 22.9 Å². The van der Waals surface area contributed by atoms with Gasteiger partial charge in [-0.25, -0.2) is 4.98 Å². The Morgan fingerprint density at radius 2 is 2.10 bits per heavy atom. The number of hydrogen-bond donors (Lipinski definition) is 1. The van der Waals surface area contributed by atoms with Crippen LogP contribution in [0.25, 0.3) is 0 Å². The van der Waals surface area contributed by atoms with E-state index in [-0.39, 0.29) is 5.41 Å². The van der Waals surface area contributed by atoms with Gasteiger partial charge in [-0.1, -0.05) is 32.4 Å². The maximum Gasteiger partial charge on any atom is 0.121 e. The molecule has 2 rings (SSSR count). The summed E-state index contributed by atoms with van der Waals surface area (Å²) in [6.07, 6.45) is 0. The van der Waals surface area contributed by atoms with E-state index in [0.29, 0.717) is 11.6 Å². The fourth-order valence-electron chi connectivity index (χ4n) is 1.67. The van der Waals surface area contributed by atoms with Crippen molar-refractivity contribution in [3.05, 3.63) is 39.3 Å². The van der Waals surface area contributed by atoms with Crippen molar-refractivity contribution in [3.8, 4) is 5.75 Å². The number of rotatable bonds is 4. The van der Waals surface area contributed by atoms with Crippen molar-refractivity contribution in [2.75, 3.05) is 12.4 Å². The van der Waals surface area contributed by atoms with Crippen LogP contribution in [-0.2, 0) is 12.0 Å². The van der Waals surface area contributed by atoms with Crippen molar-refractivity contribution >= 4 is 28.6 Å². The largest absolute Gasteiger partial charge is 0.497 e. The summed E-state index contributed by atoms with van der Waals surface area (Å²) in [6.45, 7) is 7.15. The second-order valence-electron chi connectivity index (χ2n) is 5.58. The summed E-state index contributed by atoms with van der Waals surface area (Å²) in [4.78, 5) is 4.65. The number of thiazole rings is 1. The molecule has 0 radical (unpaired) electrons. The van der Waals surface area contributed by atoms with E-state index in [4.69, 9.17) is 16.3 Å². The number of ether oxygens (including phenoxy) is 1. The summed E-state index contributed by atoms with van der Waals surface area (Å²) < 4.78 is 5.20. The average molecular weight is 311 g/mol. The molecule has 1 N–H and O–H groups in total. The number of anilines is 1. The Morgan fingerprint density at radius 1 is 1.35 bits per heavy atom. The third-order valence-corrected chi connectivity index (χ3v) is 4.10. The van der Waals surface area contributed by atoms with Gasteiger partial charge in [-0.3, -0.25) is 0 Å². The minimum absolute atomic E-state index is 0.0857. The van der Waals surface area contributed by atoms with Crippen LogP contribution in [0.2, 0.25) is 5.02 Å². The molecule has 0 bridgehead atoms. The number of methoxy groups -OCH3 is 1. The van der Waals surface area contributed by atoms with E-state index in [1.54, 1.807) is 18.4 Å². The van der Waals surface area contributed by atoms with Crippen LogP contribution in [0.1, 0.15) is 31.5 Å². The highest BCUT2D eigenvalue weighted by molar-refractivity contribution is 7.09. The first-order chi connectivity index (χ1) is 9.40. The molecule has 108 valence electrons. The highest BCUT2D eigenvalue weighted by Crippen LogP contribution is 2.28. The summed E-state index contributed by atoms with van der Waals surface area (Å²) in [5.41, 5.74) is 2.07. The van der Waals surface area contributed by atoms with E-state index in [2.05, 4.69) is 36.5 Å². The second-order valence-corrected chi connectivity index (χ2v) is 6.93. The molecule has 0 aliphatic carbocycles. The lowest BCUT2D eigenvalue weighted by Crippen LogP contribution is -2.11. The Hall–Kier alpha value is -1.26. The lowest BCUT2D eigenvalue weighted by molar-refractivity contribution is 0.415.